The van der Waals surface area contributed by atoms with Crippen LogP contribution in [0.4, 0.5) is 0 Å². The number of aromatic amines is 1. The van der Waals surface area contributed by atoms with Gasteiger partial charge in [0.2, 0.25) is 0 Å². The Morgan fingerprint density at radius 2 is 2.14 bits per heavy atom. The highest BCUT2D eigenvalue weighted by atomic mass is 16.5. The number of aryl methyl sites for hydroxylation is 2. The molecule has 0 saturated carbocycles. The van der Waals surface area contributed by atoms with Crippen LogP contribution in [0, 0.1) is 6.92 Å². The third-order valence-electron chi connectivity index (χ3n) is 6.63. The van der Waals surface area contributed by atoms with Crippen LogP contribution in [0.2, 0.25) is 0 Å². The van der Waals surface area contributed by atoms with Crippen molar-refractivity contribution in [3.8, 4) is 17.1 Å². The van der Waals surface area contributed by atoms with Crippen molar-refractivity contribution in [2.75, 3.05) is 13.2 Å². The number of rotatable bonds is 9. The lowest BCUT2D eigenvalue weighted by atomic mass is 10.0. The molecule has 11 nitrogen and oxygen atoms in total. The van der Waals surface area contributed by atoms with Gasteiger partial charge in [-0.3, -0.25) is 4.79 Å². The van der Waals surface area contributed by atoms with Crippen molar-refractivity contribution < 1.29 is 14.6 Å². The zero-order valence-corrected chi connectivity index (χ0v) is 21.5. The van der Waals surface area contributed by atoms with E-state index >= 15 is 0 Å². The predicted octanol–water partition coefficient (Wildman–Crippen LogP) is 3.12. The summed E-state index contributed by atoms with van der Waals surface area (Å²) < 4.78 is 15.3. The lowest BCUT2D eigenvalue weighted by molar-refractivity contribution is 0.00848. The Kier molecular flexibility index (Phi) is 7.33. The lowest BCUT2D eigenvalue weighted by Gasteiger charge is -2.24. The molecule has 1 saturated heterocycles. The molecule has 37 heavy (non-hydrogen) atoms. The quantitative estimate of drug-likeness (QED) is 0.353. The monoisotopic (exact) mass is 507 g/mol. The molecule has 3 aromatic heterocycles. The summed E-state index contributed by atoms with van der Waals surface area (Å²) in [7, 11) is 0. The van der Waals surface area contributed by atoms with Crippen LogP contribution in [-0.2, 0) is 24.3 Å². The molecule has 196 valence electrons. The minimum atomic E-state index is -0.245. The maximum atomic E-state index is 13.1. The molecule has 4 aromatic rings. The SMILES string of the molecule is CCCc1nc(C)c2c(=O)[nH]c(-c3cc(Cn4nnc(CO)c4C4CCCCO4)ccc3OCC)nn12. The third-order valence-corrected chi connectivity index (χ3v) is 6.63. The number of hydrogen-bond donors (Lipinski definition) is 2. The van der Waals surface area contributed by atoms with E-state index in [2.05, 4.69) is 27.2 Å². The standard InChI is InChI=1S/C26H33N7O4/c1-4-8-22-27-16(3)23-26(35)28-25(30-33(22)23)18-13-17(10-11-20(18)36-5-2)14-32-24(19(15-34)29-31-32)21-9-6-7-12-37-21/h10-11,13,21,34H,4-9,12,14-15H2,1-3H3,(H,28,30,35). The van der Waals surface area contributed by atoms with Gasteiger partial charge in [0, 0.05) is 13.0 Å². The van der Waals surface area contributed by atoms with E-state index in [0.29, 0.717) is 53.8 Å². The Morgan fingerprint density at radius 1 is 1.27 bits per heavy atom. The molecular weight excluding hydrogens is 474 g/mol. The number of hydrogen-bond acceptors (Lipinski definition) is 8. The number of nitrogens with one attached hydrogen (secondary N) is 1. The summed E-state index contributed by atoms with van der Waals surface area (Å²) in [5, 5.41) is 23.1. The zero-order valence-electron chi connectivity index (χ0n) is 21.5. The fraction of sp³-hybridized carbons (Fsp3) is 0.500. The Hall–Kier alpha value is -3.57. The minimum absolute atomic E-state index is 0.144. The zero-order chi connectivity index (χ0) is 25.9. The fourth-order valence-corrected chi connectivity index (χ4v) is 4.95. The minimum Gasteiger partial charge on any atom is -0.493 e. The second-order valence-corrected chi connectivity index (χ2v) is 9.28. The third kappa shape index (κ3) is 4.88. The molecule has 1 fully saturated rings. The molecule has 5 rings (SSSR count). The smallest absolute Gasteiger partial charge is 0.277 e. The first-order chi connectivity index (χ1) is 18.0. The molecule has 0 radical (unpaired) electrons. The van der Waals surface area contributed by atoms with E-state index < -0.39 is 0 Å². The van der Waals surface area contributed by atoms with Crippen molar-refractivity contribution in [2.24, 2.45) is 0 Å². The summed E-state index contributed by atoms with van der Waals surface area (Å²) in [6.45, 7) is 7.18. The van der Waals surface area contributed by atoms with Crippen LogP contribution < -0.4 is 10.3 Å². The summed E-state index contributed by atoms with van der Waals surface area (Å²) >= 11 is 0. The van der Waals surface area contributed by atoms with Crippen LogP contribution in [0.1, 0.15) is 74.1 Å². The number of imidazole rings is 1. The van der Waals surface area contributed by atoms with Crippen molar-refractivity contribution in [2.45, 2.75) is 72.1 Å². The number of benzene rings is 1. The van der Waals surface area contributed by atoms with Gasteiger partial charge in [-0.1, -0.05) is 18.2 Å². The van der Waals surface area contributed by atoms with Gasteiger partial charge in [0.25, 0.3) is 5.56 Å². The average Bonchev–Trinajstić information content (AvgIpc) is 3.46. The second-order valence-electron chi connectivity index (χ2n) is 9.28. The van der Waals surface area contributed by atoms with E-state index in [1.165, 1.54) is 0 Å². The van der Waals surface area contributed by atoms with E-state index in [-0.39, 0.29) is 18.3 Å². The molecular formula is C26H33N7O4. The number of aliphatic hydroxyl groups is 1. The van der Waals surface area contributed by atoms with E-state index in [0.717, 1.165) is 49.2 Å². The average molecular weight is 508 g/mol. The highest BCUT2D eigenvalue weighted by Gasteiger charge is 2.25. The number of aromatic nitrogens is 7. The van der Waals surface area contributed by atoms with Crippen LogP contribution in [-0.4, -0.2) is 52.9 Å². The van der Waals surface area contributed by atoms with Crippen LogP contribution in [0.3, 0.4) is 0 Å². The van der Waals surface area contributed by atoms with Gasteiger partial charge in [0.15, 0.2) is 11.3 Å². The highest BCUT2D eigenvalue weighted by Crippen LogP contribution is 2.32. The predicted molar refractivity (Wildman–Crippen MR) is 137 cm³/mol. The normalized spacial score (nSPS) is 15.9. The molecule has 0 bridgehead atoms. The Balaban J connectivity index is 1.57. The number of nitrogens with zero attached hydrogens (tertiary/aromatic N) is 6. The van der Waals surface area contributed by atoms with E-state index in [1.54, 1.807) is 9.20 Å². The molecule has 1 atom stereocenters. The summed E-state index contributed by atoms with van der Waals surface area (Å²) in [6.07, 6.45) is 4.42. The number of ether oxygens (including phenoxy) is 2. The van der Waals surface area contributed by atoms with Crippen molar-refractivity contribution >= 4 is 5.52 Å². The van der Waals surface area contributed by atoms with Crippen LogP contribution in [0.25, 0.3) is 16.9 Å². The van der Waals surface area contributed by atoms with E-state index in [4.69, 9.17) is 14.6 Å². The Bertz CT molecular complexity index is 1450. The maximum absolute atomic E-state index is 13.1. The van der Waals surface area contributed by atoms with Crippen LogP contribution >= 0.6 is 0 Å². The van der Waals surface area contributed by atoms with Gasteiger partial charge in [-0.05, 0) is 57.2 Å². The van der Waals surface area contributed by atoms with Gasteiger partial charge >= 0.3 is 0 Å². The van der Waals surface area contributed by atoms with Gasteiger partial charge in [-0.15, -0.1) is 10.2 Å². The van der Waals surface area contributed by atoms with Gasteiger partial charge in [0.1, 0.15) is 23.4 Å². The number of aliphatic hydroxyl groups excluding tert-OH is 1. The summed E-state index contributed by atoms with van der Waals surface area (Å²) in [6, 6.07) is 5.79. The molecule has 0 spiro atoms. The Labute approximate surface area is 214 Å². The maximum Gasteiger partial charge on any atom is 0.277 e. The van der Waals surface area contributed by atoms with Crippen molar-refractivity contribution in [1.29, 1.82) is 0 Å². The van der Waals surface area contributed by atoms with E-state index in [9.17, 15) is 9.90 Å². The van der Waals surface area contributed by atoms with Gasteiger partial charge < -0.3 is 19.6 Å². The molecule has 1 unspecified atom stereocenters. The second kappa shape index (κ2) is 10.8. The molecule has 2 N–H and O–H groups in total. The van der Waals surface area contributed by atoms with Crippen molar-refractivity contribution in [3.05, 3.63) is 57.0 Å². The van der Waals surface area contributed by atoms with Gasteiger partial charge in [-0.25, -0.2) is 14.2 Å². The number of fused-ring (bicyclic) bond motifs is 1. The van der Waals surface area contributed by atoms with Crippen LogP contribution in [0.15, 0.2) is 23.0 Å². The molecule has 1 aliphatic heterocycles. The highest BCUT2D eigenvalue weighted by molar-refractivity contribution is 5.66. The summed E-state index contributed by atoms with van der Waals surface area (Å²) in [5.41, 5.74) is 3.81. The molecule has 4 heterocycles. The molecule has 1 aromatic carbocycles. The van der Waals surface area contributed by atoms with Crippen molar-refractivity contribution in [1.82, 2.24) is 34.6 Å². The first-order valence-corrected chi connectivity index (χ1v) is 12.9. The summed E-state index contributed by atoms with van der Waals surface area (Å²) in [4.78, 5) is 20.6. The molecule has 0 aliphatic carbocycles. The largest absolute Gasteiger partial charge is 0.493 e. The topological polar surface area (TPSA) is 132 Å². The molecule has 1 aliphatic rings. The Morgan fingerprint density at radius 3 is 2.86 bits per heavy atom. The van der Waals surface area contributed by atoms with Gasteiger partial charge in [0.05, 0.1) is 36.7 Å². The summed E-state index contributed by atoms with van der Waals surface area (Å²) in [5.74, 6) is 1.78. The van der Waals surface area contributed by atoms with Crippen LogP contribution in [0.5, 0.6) is 5.75 Å². The van der Waals surface area contributed by atoms with E-state index in [1.807, 2.05) is 32.0 Å². The lowest BCUT2D eigenvalue weighted by Crippen LogP contribution is -2.18. The van der Waals surface area contributed by atoms with Gasteiger partial charge in [-0.2, -0.15) is 0 Å². The number of H-pyrrole nitrogens is 1. The fourth-order valence-electron chi connectivity index (χ4n) is 4.95. The first kappa shape index (κ1) is 25.1. The van der Waals surface area contributed by atoms with Crippen molar-refractivity contribution in [3.63, 3.8) is 0 Å². The molecule has 11 heteroatoms. The first-order valence-electron chi connectivity index (χ1n) is 12.9. The molecule has 0 amide bonds.